The average molecular weight is 491 g/mol. The van der Waals surface area contributed by atoms with E-state index in [0.29, 0.717) is 18.2 Å². The summed E-state index contributed by atoms with van der Waals surface area (Å²) in [6.07, 6.45) is 6.81. The first-order chi connectivity index (χ1) is 16.7. The topological polar surface area (TPSA) is 52.0 Å². The lowest BCUT2D eigenvalue weighted by Gasteiger charge is -2.34. The number of rotatable bonds is 10. The zero-order chi connectivity index (χ0) is 24.9. The van der Waals surface area contributed by atoms with Crippen molar-refractivity contribution in [2.24, 2.45) is 5.41 Å². The molecule has 2 aromatic carbocycles. The van der Waals surface area contributed by atoms with Crippen molar-refractivity contribution in [3.05, 3.63) is 60.4 Å². The van der Waals surface area contributed by atoms with E-state index in [4.69, 9.17) is 4.74 Å². The Bertz CT molecular complexity index is 1070. The van der Waals surface area contributed by atoms with Gasteiger partial charge in [-0.1, -0.05) is 76.0 Å². The normalized spacial score (nSPS) is 16.5. The first-order valence-corrected chi connectivity index (χ1v) is 16.8. The predicted molar refractivity (Wildman–Crippen MR) is 148 cm³/mol. The second-order valence-electron chi connectivity index (χ2n) is 12.0. The maximum atomic E-state index is 5.91. The van der Waals surface area contributed by atoms with Crippen molar-refractivity contribution in [1.29, 1.82) is 0 Å². The summed E-state index contributed by atoms with van der Waals surface area (Å²) >= 11 is 0. The van der Waals surface area contributed by atoms with Crippen LogP contribution in [-0.4, -0.2) is 35.5 Å². The van der Waals surface area contributed by atoms with Crippen molar-refractivity contribution in [2.45, 2.75) is 84.5 Å². The molecule has 0 bridgehead atoms. The molecule has 1 aliphatic rings. The van der Waals surface area contributed by atoms with Crippen molar-refractivity contribution in [1.82, 2.24) is 20.1 Å². The Morgan fingerprint density at radius 3 is 2.43 bits per heavy atom. The van der Waals surface area contributed by atoms with Crippen molar-refractivity contribution >= 4 is 8.07 Å². The quantitative estimate of drug-likeness (QED) is 0.246. The van der Waals surface area contributed by atoms with Crippen LogP contribution >= 0.6 is 0 Å². The van der Waals surface area contributed by atoms with Crippen LogP contribution in [0.15, 0.2) is 54.9 Å². The van der Waals surface area contributed by atoms with E-state index < -0.39 is 8.07 Å². The molecule has 3 aromatic rings. The second-order valence-corrected chi connectivity index (χ2v) is 17.6. The fourth-order valence-electron chi connectivity index (χ4n) is 4.63. The highest BCUT2D eigenvalue weighted by molar-refractivity contribution is 6.76. The molecule has 1 aromatic heterocycles. The maximum Gasteiger partial charge on any atom is 0.160 e. The third-order valence-electron chi connectivity index (χ3n) is 7.17. The predicted octanol–water partition coefficient (Wildman–Crippen LogP) is 6.98. The first kappa shape index (κ1) is 25.8. The fourth-order valence-corrected chi connectivity index (χ4v) is 5.39. The van der Waals surface area contributed by atoms with Crippen molar-refractivity contribution < 1.29 is 4.74 Å². The lowest BCUT2D eigenvalue weighted by Crippen LogP contribution is -2.35. The van der Waals surface area contributed by atoms with Crippen LogP contribution in [0.2, 0.25) is 25.7 Å². The van der Waals surface area contributed by atoms with E-state index in [-0.39, 0.29) is 0 Å². The maximum absolute atomic E-state index is 5.91. The Morgan fingerprint density at radius 1 is 1.00 bits per heavy atom. The number of nitrogens with zero attached hydrogens (tertiary/aromatic N) is 3. The van der Waals surface area contributed by atoms with Crippen LogP contribution in [0.5, 0.6) is 0 Å². The van der Waals surface area contributed by atoms with Crippen molar-refractivity contribution in [2.75, 3.05) is 6.61 Å². The van der Waals surface area contributed by atoms with E-state index in [0.717, 1.165) is 30.6 Å². The third-order valence-corrected chi connectivity index (χ3v) is 8.87. The number of nitrogens with one attached hydrogen (secondary N) is 1. The van der Waals surface area contributed by atoms with Crippen LogP contribution in [0.3, 0.4) is 0 Å². The van der Waals surface area contributed by atoms with Crippen molar-refractivity contribution in [3.8, 4) is 22.5 Å². The first-order valence-electron chi connectivity index (χ1n) is 13.1. The van der Waals surface area contributed by atoms with Gasteiger partial charge in [-0.05, 0) is 59.9 Å². The van der Waals surface area contributed by atoms with Gasteiger partial charge >= 0.3 is 0 Å². The zero-order valence-corrected chi connectivity index (χ0v) is 23.2. The van der Waals surface area contributed by atoms with Gasteiger partial charge in [0.05, 0.1) is 0 Å². The third kappa shape index (κ3) is 7.60. The van der Waals surface area contributed by atoms with Crippen LogP contribution in [0.25, 0.3) is 22.5 Å². The molecule has 0 radical (unpaired) electrons. The van der Waals surface area contributed by atoms with Gasteiger partial charge < -0.3 is 10.1 Å². The van der Waals surface area contributed by atoms with Crippen molar-refractivity contribution in [3.63, 3.8) is 0 Å². The molecule has 0 aliphatic heterocycles. The second kappa shape index (κ2) is 11.2. The van der Waals surface area contributed by atoms with E-state index in [2.05, 4.69) is 97.4 Å². The number of hydrogen-bond acceptors (Lipinski definition) is 4. The molecule has 0 saturated heterocycles. The van der Waals surface area contributed by atoms with Crippen LogP contribution in [0.1, 0.15) is 45.1 Å². The van der Waals surface area contributed by atoms with Gasteiger partial charge in [0.15, 0.2) is 5.82 Å². The highest BCUT2D eigenvalue weighted by atomic mass is 28.3. The molecule has 1 heterocycles. The molecule has 0 amide bonds. The summed E-state index contributed by atoms with van der Waals surface area (Å²) in [5.74, 6) is 0.844. The Hall–Kier alpha value is -2.28. The largest absolute Gasteiger partial charge is 0.359 e. The van der Waals surface area contributed by atoms with E-state index >= 15 is 0 Å². The average Bonchev–Trinajstić information content (AvgIpc) is 3.30. The summed E-state index contributed by atoms with van der Waals surface area (Å²) in [4.78, 5) is 4.51. The Morgan fingerprint density at radius 2 is 1.71 bits per heavy atom. The summed E-state index contributed by atoms with van der Waals surface area (Å²) in [6.45, 7) is 14.0. The Labute approximate surface area is 212 Å². The summed E-state index contributed by atoms with van der Waals surface area (Å²) in [5.41, 5.74) is 5.31. The van der Waals surface area contributed by atoms with Crippen LogP contribution < -0.4 is 5.32 Å². The van der Waals surface area contributed by atoms with Crippen LogP contribution in [0, 0.1) is 5.41 Å². The standard InChI is InChI=1S/C29H42N4OSi/c1-29(2)15-13-27(14-16-29)30-20-23-9-11-24(12-10-23)25-7-6-8-26(19-25)28-31-21-32-33(28)22-34-17-18-35(3,4)5/h6-12,19,21,27,30H,13-18,20,22H2,1-5H3. The smallest absolute Gasteiger partial charge is 0.160 e. The van der Waals surface area contributed by atoms with Gasteiger partial charge in [0.2, 0.25) is 0 Å². The summed E-state index contributed by atoms with van der Waals surface area (Å²) in [6, 6.07) is 19.3. The molecule has 5 nitrogen and oxygen atoms in total. The molecular formula is C29H42N4OSi. The zero-order valence-electron chi connectivity index (χ0n) is 22.2. The van der Waals surface area contributed by atoms with Gasteiger partial charge in [0.1, 0.15) is 13.1 Å². The van der Waals surface area contributed by atoms with Crippen LogP contribution in [-0.2, 0) is 18.0 Å². The molecule has 4 rings (SSSR count). The molecular weight excluding hydrogens is 448 g/mol. The highest BCUT2D eigenvalue weighted by Crippen LogP contribution is 2.35. The van der Waals surface area contributed by atoms with Gasteiger partial charge in [-0.25, -0.2) is 9.67 Å². The van der Waals surface area contributed by atoms with Gasteiger partial charge in [-0.15, -0.1) is 0 Å². The SMILES string of the molecule is CC1(C)CCC(NCc2ccc(-c3cccc(-c4ncnn4COCC[Si](C)(C)C)c3)cc2)CC1. The molecule has 0 atom stereocenters. The summed E-state index contributed by atoms with van der Waals surface area (Å²) in [5, 5.41) is 8.16. The van der Waals surface area contributed by atoms with Gasteiger partial charge in [-0.3, -0.25) is 0 Å². The van der Waals surface area contributed by atoms with E-state index in [1.807, 2.05) is 4.68 Å². The molecule has 1 fully saturated rings. The molecule has 188 valence electrons. The van der Waals surface area contributed by atoms with Crippen LogP contribution in [0.4, 0.5) is 0 Å². The van der Waals surface area contributed by atoms with Gasteiger partial charge in [0.25, 0.3) is 0 Å². The minimum absolute atomic E-state index is 0.435. The highest BCUT2D eigenvalue weighted by Gasteiger charge is 2.26. The van der Waals surface area contributed by atoms with E-state index in [1.165, 1.54) is 42.4 Å². The lowest BCUT2D eigenvalue weighted by molar-refractivity contribution is 0.0796. The minimum atomic E-state index is -1.10. The summed E-state index contributed by atoms with van der Waals surface area (Å²) < 4.78 is 7.76. The Balaban J connectivity index is 1.36. The van der Waals surface area contributed by atoms with E-state index in [9.17, 15) is 0 Å². The minimum Gasteiger partial charge on any atom is -0.359 e. The number of ether oxygens (including phenoxy) is 1. The number of hydrogen-bond donors (Lipinski definition) is 1. The van der Waals surface area contributed by atoms with E-state index in [1.54, 1.807) is 6.33 Å². The fraction of sp³-hybridized carbons (Fsp3) is 0.517. The molecule has 1 saturated carbocycles. The summed E-state index contributed by atoms with van der Waals surface area (Å²) in [7, 11) is -1.10. The molecule has 6 heteroatoms. The molecule has 35 heavy (non-hydrogen) atoms. The molecule has 1 N–H and O–H groups in total. The van der Waals surface area contributed by atoms with Gasteiger partial charge in [0, 0.05) is 32.8 Å². The Kier molecular flexibility index (Phi) is 8.25. The number of benzene rings is 2. The van der Waals surface area contributed by atoms with Gasteiger partial charge in [-0.2, -0.15) is 5.10 Å². The molecule has 1 aliphatic carbocycles. The lowest BCUT2D eigenvalue weighted by atomic mass is 9.75. The molecule has 0 unspecified atom stereocenters. The monoisotopic (exact) mass is 490 g/mol. The number of aromatic nitrogens is 3. The molecule has 0 spiro atoms.